The molecule has 0 saturated heterocycles. The maximum atomic E-state index is 12.8. The molecule has 1 unspecified atom stereocenters. The Morgan fingerprint density at radius 2 is 1.18 bits per heavy atom. The lowest BCUT2D eigenvalue weighted by Crippen LogP contribution is -2.33. The van der Waals surface area contributed by atoms with E-state index in [2.05, 4.69) is 79.8 Å². The third-order valence-electron chi connectivity index (χ3n) is 4.73. The largest absolute Gasteiger partial charge is 0.348 e. The van der Waals surface area contributed by atoms with Gasteiger partial charge in [-0.2, -0.15) is 0 Å². The zero-order valence-corrected chi connectivity index (χ0v) is 17.2. The van der Waals surface area contributed by atoms with Gasteiger partial charge in [0, 0.05) is 0 Å². The van der Waals surface area contributed by atoms with Crippen LogP contribution < -0.4 is 5.32 Å². The number of carbonyl (C=O) groups excluding carboxylic acids is 1. The van der Waals surface area contributed by atoms with Crippen molar-refractivity contribution in [3.8, 4) is 0 Å². The number of hydrogen-bond acceptors (Lipinski definition) is 2. The van der Waals surface area contributed by atoms with Gasteiger partial charge in [-0.1, -0.05) is 105 Å². The summed E-state index contributed by atoms with van der Waals surface area (Å²) in [4.78, 5) is 12.8. The van der Waals surface area contributed by atoms with Crippen LogP contribution in [0.5, 0.6) is 0 Å². The molecule has 3 heteroatoms. The van der Waals surface area contributed by atoms with Gasteiger partial charge in [0.05, 0.1) is 17.0 Å². The van der Waals surface area contributed by atoms with Crippen LogP contribution in [0.4, 0.5) is 0 Å². The van der Waals surface area contributed by atoms with Crippen molar-refractivity contribution in [2.24, 2.45) is 5.92 Å². The van der Waals surface area contributed by atoms with Gasteiger partial charge in [-0.05, 0) is 22.6 Å². The van der Waals surface area contributed by atoms with Gasteiger partial charge < -0.3 is 5.32 Å². The summed E-state index contributed by atoms with van der Waals surface area (Å²) in [6, 6.07) is 31.0. The highest BCUT2D eigenvalue weighted by Crippen LogP contribution is 2.35. The Balaban J connectivity index is 1.70. The summed E-state index contributed by atoms with van der Waals surface area (Å²) < 4.78 is 0. The van der Waals surface area contributed by atoms with Crippen LogP contribution in [0.25, 0.3) is 0 Å². The number of amides is 1. The number of hydrogen-bond donors (Lipinski definition) is 1. The van der Waals surface area contributed by atoms with Gasteiger partial charge in [-0.25, -0.2) is 0 Å². The monoisotopic (exact) mass is 389 g/mol. The van der Waals surface area contributed by atoms with Crippen LogP contribution >= 0.6 is 11.8 Å². The molecule has 1 amide bonds. The molecule has 0 aliphatic rings. The van der Waals surface area contributed by atoms with Gasteiger partial charge in [0.1, 0.15) is 0 Å². The minimum absolute atomic E-state index is 0.0289. The smallest absolute Gasteiger partial charge is 0.230 e. The van der Waals surface area contributed by atoms with Crippen molar-refractivity contribution in [3.05, 3.63) is 108 Å². The van der Waals surface area contributed by atoms with E-state index in [-0.39, 0.29) is 17.2 Å². The molecule has 2 nitrogen and oxygen atoms in total. The maximum Gasteiger partial charge on any atom is 0.230 e. The molecule has 0 heterocycles. The molecule has 0 spiro atoms. The molecule has 1 N–H and O–H groups in total. The van der Waals surface area contributed by atoms with Gasteiger partial charge in [0.2, 0.25) is 5.91 Å². The number of rotatable bonds is 8. The van der Waals surface area contributed by atoms with Crippen molar-refractivity contribution < 1.29 is 4.79 Å². The SMILES string of the molecule is CC(C)C(NC(=O)CSC(c1ccccc1)c1ccccc1)c1ccccc1. The van der Waals surface area contributed by atoms with E-state index in [1.165, 1.54) is 11.1 Å². The topological polar surface area (TPSA) is 29.1 Å². The van der Waals surface area contributed by atoms with Crippen LogP contribution in [0.1, 0.15) is 41.8 Å². The Labute approximate surface area is 172 Å². The molecule has 144 valence electrons. The number of thioether (sulfide) groups is 1. The third-order valence-corrected chi connectivity index (χ3v) is 6.03. The molecule has 3 rings (SSSR count). The first-order valence-corrected chi connectivity index (χ1v) is 10.8. The quantitative estimate of drug-likeness (QED) is 0.510. The Morgan fingerprint density at radius 3 is 1.61 bits per heavy atom. The summed E-state index contributed by atoms with van der Waals surface area (Å²) in [7, 11) is 0. The number of nitrogens with one attached hydrogen (secondary N) is 1. The van der Waals surface area contributed by atoms with Crippen LogP contribution in [0.3, 0.4) is 0 Å². The van der Waals surface area contributed by atoms with Gasteiger partial charge in [-0.15, -0.1) is 11.8 Å². The van der Waals surface area contributed by atoms with Crippen LogP contribution in [-0.2, 0) is 4.79 Å². The summed E-state index contributed by atoms with van der Waals surface area (Å²) in [5, 5.41) is 3.37. The molecule has 0 radical (unpaired) electrons. The predicted molar refractivity (Wildman–Crippen MR) is 119 cm³/mol. The highest BCUT2D eigenvalue weighted by Gasteiger charge is 2.20. The lowest BCUT2D eigenvalue weighted by Gasteiger charge is -2.24. The number of carbonyl (C=O) groups is 1. The maximum absolute atomic E-state index is 12.8. The van der Waals surface area contributed by atoms with E-state index in [1.807, 2.05) is 30.3 Å². The van der Waals surface area contributed by atoms with Gasteiger partial charge in [0.25, 0.3) is 0 Å². The highest BCUT2D eigenvalue weighted by molar-refractivity contribution is 8.00. The third kappa shape index (κ3) is 5.49. The van der Waals surface area contributed by atoms with Gasteiger partial charge in [-0.3, -0.25) is 4.79 Å². The lowest BCUT2D eigenvalue weighted by molar-refractivity contribution is -0.119. The van der Waals surface area contributed by atoms with Crippen LogP contribution in [0, 0.1) is 5.92 Å². The van der Waals surface area contributed by atoms with Gasteiger partial charge >= 0.3 is 0 Å². The van der Waals surface area contributed by atoms with E-state index in [9.17, 15) is 4.79 Å². The van der Waals surface area contributed by atoms with Crippen molar-refractivity contribution in [2.75, 3.05) is 5.75 Å². The first kappa shape index (κ1) is 20.2. The molecular weight excluding hydrogens is 362 g/mol. The van der Waals surface area contributed by atoms with Crippen LogP contribution in [-0.4, -0.2) is 11.7 Å². The molecular formula is C25H27NOS. The first-order chi connectivity index (χ1) is 13.6. The minimum atomic E-state index is 0.0289. The molecule has 28 heavy (non-hydrogen) atoms. The summed E-state index contributed by atoms with van der Waals surface area (Å²) in [6.07, 6.45) is 0. The number of benzene rings is 3. The normalized spacial score (nSPS) is 12.1. The van der Waals surface area contributed by atoms with E-state index in [4.69, 9.17) is 0 Å². The van der Waals surface area contributed by atoms with E-state index >= 15 is 0 Å². The molecule has 3 aromatic carbocycles. The van der Waals surface area contributed by atoms with E-state index < -0.39 is 0 Å². The van der Waals surface area contributed by atoms with E-state index in [1.54, 1.807) is 11.8 Å². The first-order valence-electron chi connectivity index (χ1n) is 9.71. The second-order valence-corrected chi connectivity index (χ2v) is 8.31. The Morgan fingerprint density at radius 1 is 0.750 bits per heavy atom. The Kier molecular flexibility index (Phi) is 7.32. The fourth-order valence-electron chi connectivity index (χ4n) is 3.31. The fourth-order valence-corrected chi connectivity index (χ4v) is 4.41. The zero-order valence-electron chi connectivity index (χ0n) is 16.4. The molecule has 3 aromatic rings. The second-order valence-electron chi connectivity index (χ2n) is 7.21. The highest BCUT2D eigenvalue weighted by atomic mass is 32.2. The zero-order chi connectivity index (χ0) is 19.8. The van der Waals surface area contributed by atoms with Crippen LogP contribution in [0.2, 0.25) is 0 Å². The molecule has 1 atom stereocenters. The average molecular weight is 390 g/mol. The van der Waals surface area contributed by atoms with E-state index in [0.717, 1.165) is 5.56 Å². The Bertz CT molecular complexity index is 810. The molecule has 0 aromatic heterocycles. The average Bonchev–Trinajstić information content (AvgIpc) is 2.74. The standard InChI is InChI=1S/C25H27NOS/c1-19(2)24(20-12-6-3-7-13-20)26-23(27)18-28-25(21-14-8-4-9-15-21)22-16-10-5-11-17-22/h3-17,19,24-25H,18H2,1-2H3,(H,26,27). The van der Waals surface area contributed by atoms with Crippen LogP contribution in [0.15, 0.2) is 91.0 Å². The van der Waals surface area contributed by atoms with Crippen molar-refractivity contribution in [1.29, 1.82) is 0 Å². The van der Waals surface area contributed by atoms with Crippen molar-refractivity contribution in [3.63, 3.8) is 0 Å². The fraction of sp³-hybridized carbons (Fsp3) is 0.240. The van der Waals surface area contributed by atoms with Gasteiger partial charge in [0.15, 0.2) is 0 Å². The Hall–Kier alpha value is -2.52. The van der Waals surface area contributed by atoms with Crippen molar-refractivity contribution in [2.45, 2.75) is 25.1 Å². The molecule has 0 bridgehead atoms. The summed E-state index contributed by atoms with van der Waals surface area (Å²) in [6.45, 7) is 4.28. The van der Waals surface area contributed by atoms with Crippen molar-refractivity contribution >= 4 is 17.7 Å². The molecule has 0 aliphatic carbocycles. The van der Waals surface area contributed by atoms with E-state index in [0.29, 0.717) is 11.7 Å². The summed E-state index contributed by atoms with van der Waals surface area (Å²) >= 11 is 1.67. The lowest BCUT2D eigenvalue weighted by atomic mass is 9.96. The summed E-state index contributed by atoms with van der Waals surface area (Å²) in [5.41, 5.74) is 3.59. The van der Waals surface area contributed by atoms with Crippen molar-refractivity contribution in [1.82, 2.24) is 5.32 Å². The summed E-state index contributed by atoms with van der Waals surface area (Å²) in [5.74, 6) is 0.824. The molecule has 0 saturated carbocycles. The minimum Gasteiger partial charge on any atom is -0.348 e. The molecule has 0 aliphatic heterocycles. The molecule has 0 fully saturated rings. The predicted octanol–water partition coefficient (Wildman–Crippen LogP) is 6.02. The second kappa shape index (κ2) is 10.1.